The van der Waals surface area contributed by atoms with Crippen LogP contribution in [0.15, 0.2) is 85.2 Å². The standard InChI is InChI=1S/C42H42Cl2F2N4O8/c43-32-21-50(54)22-33(44)31(32)19-35(28-11-12-34(58-42(45)46)36(18-28)55-24-25-9-10-25)56-38(51)20-47-40(52)29-7-4-8-30(17-29)48-39(27-5-2-1-3-6-27)41(53)57-37-23-49-15-13-26(37)14-16-49/h1-8,11-12,17-18,21-22,25-26,35,37,39,42,48H,9-10,13-16,19-20,23-24H2,(H,47,52)/t35-,37-,39?/m0/s1. The Hall–Kier alpha value is -5.18. The topological polar surface area (TPSA) is 142 Å². The van der Waals surface area contributed by atoms with Crippen LogP contribution in [0.3, 0.4) is 0 Å². The molecule has 1 amide bonds. The Morgan fingerprint density at radius 1 is 0.897 bits per heavy atom. The van der Waals surface area contributed by atoms with Crippen LogP contribution in [0.25, 0.3) is 0 Å². The number of carbonyl (C=O) groups excluding carboxylic acids is 3. The molecule has 8 rings (SSSR count). The highest BCUT2D eigenvalue weighted by atomic mass is 35.5. The molecule has 3 saturated heterocycles. The second-order valence-corrected chi connectivity index (χ2v) is 15.5. The number of pyridine rings is 1. The van der Waals surface area contributed by atoms with Crippen LogP contribution in [0.5, 0.6) is 11.5 Å². The number of anilines is 1. The molecule has 1 aliphatic carbocycles. The molecule has 3 atom stereocenters. The van der Waals surface area contributed by atoms with Gasteiger partial charge in [0.1, 0.15) is 28.8 Å². The van der Waals surface area contributed by atoms with E-state index in [0.29, 0.717) is 39.9 Å². The van der Waals surface area contributed by atoms with Crippen LogP contribution in [0.2, 0.25) is 10.0 Å². The van der Waals surface area contributed by atoms with Gasteiger partial charge in [-0.1, -0.05) is 65.7 Å². The first-order chi connectivity index (χ1) is 28.0. The van der Waals surface area contributed by atoms with Crippen molar-refractivity contribution in [1.82, 2.24) is 10.2 Å². The largest absolute Gasteiger partial charge is 0.619 e. The van der Waals surface area contributed by atoms with E-state index in [2.05, 4.69) is 20.3 Å². The predicted octanol–water partition coefficient (Wildman–Crippen LogP) is 7.06. The highest BCUT2D eigenvalue weighted by molar-refractivity contribution is 6.35. The maximum absolute atomic E-state index is 13.7. The summed E-state index contributed by atoms with van der Waals surface area (Å²) in [5, 5.41) is 17.8. The lowest BCUT2D eigenvalue weighted by atomic mass is 9.86. The molecule has 2 bridgehead atoms. The van der Waals surface area contributed by atoms with E-state index in [-0.39, 0.29) is 51.8 Å². The molecule has 3 aliphatic heterocycles. The SMILES string of the molecule is O=C(CNC(=O)c1cccc(NC(C(=O)O[C@H]2CN3CCC2CC3)c2ccccc2)c1)O[C@@H](Cc1c(Cl)c[n+]([O-])cc1Cl)c1ccc(OC(F)F)c(OCC2CC2)c1. The summed E-state index contributed by atoms with van der Waals surface area (Å²) in [7, 11) is 0. The average molecular weight is 840 g/mol. The number of nitrogens with zero attached hydrogens (tertiary/aromatic N) is 2. The normalized spacial score (nSPS) is 19.5. The zero-order valence-electron chi connectivity index (χ0n) is 31.3. The van der Waals surface area contributed by atoms with Gasteiger partial charge in [-0.25, -0.2) is 4.79 Å². The molecule has 0 radical (unpaired) electrons. The van der Waals surface area contributed by atoms with Crippen LogP contribution in [-0.4, -0.2) is 68.2 Å². The van der Waals surface area contributed by atoms with Crippen molar-refractivity contribution in [2.75, 3.05) is 38.1 Å². The minimum atomic E-state index is -3.11. The van der Waals surface area contributed by atoms with E-state index in [9.17, 15) is 28.4 Å². The number of benzene rings is 3. The first-order valence-electron chi connectivity index (χ1n) is 19.1. The minimum absolute atomic E-state index is 0.00923. The predicted molar refractivity (Wildman–Crippen MR) is 210 cm³/mol. The van der Waals surface area contributed by atoms with Crippen molar-refractivity contribution in [2.24, 2.45) is 11.8 Å². The molecule has 0 spiro atoms. The molecule has 4 aromatic rings. The zero-order chi connectivity index (χ0) is 40.8. The van der Waals surface area contributed by atoms with E-state index in [4.69, 9.17) is 37.4 Å². The number of aromatic nitrogens is 1. The van der Waals surface area contributed by atoms with Gasteiger partial charge in [-0.05, 0) is 92.1 Å². The molecule has 12 nitrogen and oxygen atoms in total. The first-order valence-corrected chi connectivity index (χ1v) is 19.8. The number of nitrogens with one attached hydrogen (secondary N) is 2. The third kappa shape index (κ3) is 10.7. The van der Waals surface area contributed by atoms with Gasteiger partial charge in [0.05, 0.1) is 6.61 Å². The van der Waals surface area contributed by atoms with Crippen molar-refractivity contribution in [3.63, 3.8) is 0 Å². The third-order valence-corrected chi connectivity index (χ3v) is 11.2. The summed E-state index contributed by atoms with van der Waals surface area (Å²) < 4.78 is 49.4. The number of ether oxygens (including phenoxy) is 4. The smallest absolute Gasteiger partial charge is 0.387 e. The molecule has 1 saturated carbocycles. The number of piperidine rings is 3. The van der Waals surface area contributed by atoms with Gasteiger partial charge >= 0.3 is 18.6 Å². The molecule has 3 aromatic carbocycles. The number of amides is 1. The highest BCUT2D eigenvalue weighted by Crippen LogP contribution is 2.38. The van der Waals surface area contributed by atoms with Crippen molar-refractivity contribution < 1.29 is 46.8 Å². The number of carbonyl (C=O) groups is 3. The van der Waals surface area contributed by atoms with E-state index in [1.165, 1.54) is 18.2 Å². The summed E-state index contributed by atoms with van der Waals surface area (Å²) in [6, 6.07) is 19.0. The second kappa shape index (κ2) is 18.6. The van der Waals surface area contributed by atoms with E-state index in [1.807, 2.05) is 30.3 Å². The molecule has 1 unspecified atom stereocenters. The number of halogens is 4. The molecule has 16 heteroatoms. The average Bonchev–Trinajstić information content (AvgIpc) is 4.05. The quantitative estimate of drug-likeness (QED) is 0.0645. The zero-order valence-corrected chi connectivity index (χ0v) is 32.8. The van der Waals surface area contributed by atoms with Gasteiger partial charge in [-0.3, -0.25) is 14.5 Å². The van der Waals surface area contributed by atoms with E-state index >= 15 is 0 Å². The molecule has 4 fully saturated rings. The summed E-state index contributed by atoms with van der Waals surface area (Å²) in [5.74, 6) is -1.41. The van der Waals surface area contributed by atoms with Crippen LogP contribution < -0.4 is 24.8 Å². The van der Waals surface area contributed by atoms with E-state index in [1.54, 1.807) is 24.3 Å². The van der Waals surface area contributed by atoms with Gasteiger partial charge < -0.3 is 34.8 Å². The number of alkyl halides is 2. The van der Waals surface area contributed by atoms with Crippen molar-refractivity contribution in [3.8, 4) is 11.5 Å². The molecule has 306 valence electrons. The number of rotatable bonds is 17. The van der Waals surface area contributed by atoms with Crippen molar-refractivity contribution >= 4 is 46.7 Å². The van der Waals surface area contributed by atoms with Gasteiger partial charge in [-0.15, -0.1) is 0 Å². The fourth-order valence-electron chi connectivity index (χ4n) is 7.22. The van der Waals surface area contributed by atoms with Crippen molar-refractivity contribution in [2.45, 2.75) is 57.0 Å². The Morgan fingerprint density at radius 3 is 2.31 bits per heavy atom. The first kappa shape index (κ1) is 41.0. The Morgan fingerprint density at radius 2 is 1.64 bits per heavy atom. The number of fused-ring (bicyclic) bond motifs is 3. The van der Waals surface area contributed by atoms with Crippen LogP contribution in [-0.2, 0) is 25.5 Å². The summed E-state index contributed by atoms with van der Waals surface area (Å²) in [5.41, 5.74) is 2.00. The minimum Gasteiger partial charge on any atom is -0.619 e. The molecule has 2 N–H and O–H groups in total. The maximum Gasteiger partial charge on any atom is 0.387 e. The van der Waals surface area contributed by atoms with Crippen LogP contribution in [0.4, 0.5) is 14.5 Å². The summed E-state index contributed by atoms with van der Waals surface area (Å²) in [6.07, 6.45) is 4.65. The van der Waals surface area contributed by atoms with Gasteiger partial charge in [-0.2, -0.15) is 13.5 Å². The Labute approximate surface area is 343 Å². The van der Waals surface area contributed by atoms with Crippen molar-refractivity contribution in [1.29, 1.82) is 0 Å². The van der Waals surface area contributed by atoms with Gasteiger partial charge in [0.25, 0.3) is 5.91 Å². The highest BCUT2D eigenvalue weighted by Gasteiger charge is 2.38. The molecule has 1 aromatic heterocycles. The number of hydrogen-bond acceptors (Lipinski definition) is 10. The second-order valence-electron chi connectivity index (χ2n) is 14.7. The third-order valence-electron chi connectivity index (χ3n) is 10.5. The lowest BCUT2D eigenvalue weighted by molar-refractivity contribution is -0.605. The molecule has 4 heterocycles. The van der Waals surface area contributed by atoms with E-state index < -0.39 is 43.1 Å². The molecule has 4 aliphatic rings. The fourth-order valence-corrected chi connectivity index (χ4v) is 7.82. The van der Waals surface area contributed by atoms with Crippen LogP contribution >= 0.6 is 23.2 Å². The molecular formula is C42H42Cl2F2N4O8. The molecule has 58 heavy (non-hydrogen) atoms. The van der Waals surface area contributed by atoms with Gasteiger partial charge in [0, 0.05) is 29.8 Å². The summed E-state index contributed by atoms with van der Waals surface area (Å²) in [4.78, 5) is 42.8. The Kier molecular flexibility index (Phi) is 13.1. The van der Waals surface area contributed by atoms with E-state index in [0.717, 1.165) is 51.2 Å². The maximum atomic E-state index is 13.7. The van der Waals surface area contributed by atoms with Gasteiger partial charge in [0.2, 0.25) is 0 Å². The van der Waals surface area contributed by atoms with Crippen LogP contribution in [0, 0.1) is 17.0 Å². The van der Waals surface area contributed by atoms with Crippen LogP contribution in [0.1, 0.15) is 64.9 Å². The Bertz CT molecular complexity index is 2080. The lowest BCUT2D eigenvalue weighted by Gasteiger charge is -2.44. The monoisotopic (exact) mass is 838 g/mol. The lowest BCUT2D eigenvalue weighted by Crippen LogP contribution is -2.52. The number of esters is 2. The Balaban J connectivity index is 1.04. The fraction of sp³-hybridized carbons (Fsp3) is 0.381. The molecular weight excluding hydrogens is 797 g/mol. The van der Waals surface area contributed by atoms with Crippen molar-refractivity contribution in [3.05, 3.63) is 123 Å². The summed E-state index contributed by atoms with van der Waals surface area (Å²) >= 11 is 12.7. The number of hydrogen-bond donors (Lipinski definition) is 2. The summed E-state index contributed by atoms with van der Waals surface area (Å²) in [6.45, 7) is -0.639. The van der Waals surface area contributed by atoms with Gasteiger partial charge in [0.15, 0.2) is 29.9 Å².